The van der Waals surface area contributed by atoms with Crippen LogP contribution in [-0.2, 0) is 4.74 Å². The molecule has 1 aromatic heterocycles. The Hall–Kier alpha value is -1.85. The summed E-state index contributed by atoms with van der Waals surface area (Å²) in [5.41, 5.74) is 0.329. The van der Waals surface area contributed by atoms with E-state index in [4.69, 9.17) is 4.74 Å². The third-order valence-corrected chi connectivity index (χ3v) is 4.20. The number of anilines is 2. The predicted octanol–water partition coefficient (Wildman–Crippen LogP) is 2.22. The largest absolute Gasteiger partial charge is 0.464 e. The van der Waals surface area contributed by atoms with E-state index in [0.717, 1.165) is 44.6 Å². The van der Waals surface area contributed by atoms with E-state index in [1.165, 1.54) is 20.0 Å². The van der Waals surface area contributed by atoms with Crippen LogP contribution in [0.3, 0.4) is 0 Å². The molecule has 1 saturated carbocycles. The molecule has 2 fully saturated rings. The van der Waals surface area contributed by atoms with Crippen LogP contribution in [0.1, 0.15) is 49.0 Å². The second-order valence-corrected chi connectivity index (χ2v) is 5.75. The van der Waals surface area contributed by atoms with Crippen LogP contribution in [0.15, 0.2) is 6.07 Å². The fourth-order valence-corrected chi connectivity index (χ4v) is 2.71. The minimum Gasteiger partial charge on any atom is -0.464 e. The maximum Gasteiger partial charge on any atom is 0.356 e. The molecule has 0 spiro atoms. The van der Waals surface area contributed by atoms with Crippen molar-refractivity contribution in [1.82, 2.24) is 9.97 Å². The second kappa shape index (κ2) is 6.28. The molecule has 0 unspecified atom stereocenters. The van der Waals surface area contributed by atoms with Gasteiger partial charge in [0.05, 0.1) is 7.11 Å². The van der Waals surface area contributed by atoms with Gasteiger partial charge in [0.1, 0.15) is 5.82 Å². The molecule has 0 aromatic carbocycles. The zero-order valence-electron chi connectivity index (χ0n) is 12.5. The number of ether oxygens (including phenoxy) is 1. The molecule has 0 bridgehead atoms. The normalized spacial score (nSPS) is 19.0. The van der Waals surface area contributed by atoms with E-state index in [1.54, 1.807) is 6.07 Å². The number of nitrogens with zero attached hydrogens (tertiary/aromatic N) is 3. The van der Waals surface area contributed by atoms with Crippen molar-refractivity contribution in [3.05, 3.63) is 11.8 Å². The van der Waals surface area contributed by atoms with E-state index in [9.17, 15) is 4.79 Å². The van der Waals surface area contributed by atoms with E-state index in [1.807, 2.05) is 0 Å². The van der Waals surface area contributed by atoms with E-state index in [0.29, 0.717) is 17.7 Å². The van der Waals surface area contributed by atoms with Crippen LogP contribution in [-0.4, -0.2) is 42.2 Å². The van der Waals surface area contributed by atoms with Gasteiger partial charge in [-0.3, -0.25) is 0 Å². The van der Waals surface area contributed by atoms with Gasteiger partial charge in [-0.25, -0.2) is 9.78 Å². The highest BCUT2D eigenvalue weighted by atomic mass is 16.5. The van der Waals surface area contributed by atoms with Gasteiger partial charge in [0.2, 0.25) is 5.95 Å². The maximum absolute atomic E-state index is 11.8. The van der Waals surface area contributed by atoms with E-state index in [2.05, 4.69) is 20.2 Å². The van der Waals surface area contributed by atoms with Gasteiger partial charge in [-0.05, 0) is 38.5 Å². The minimum absolute atomic E-state index is 0.329. The van der Waals surface area contributed by atoms with E-state index >= 15 is 0 Å². The Morgan fingerprint density at radius 1 is 1.24 bits per heavy atom. The summed E-state index contributed by atoms with van der Waals surface area (Å²) in [5.74, 6) is 0.961. The van der Waals surface area contributed by atoms with Gasteiger partial charge in [-0.2, -0.15) is 4.98 Å². The first-order chi connectivity index (χ1) is 10.3. The van der Waals surface area contributed by atoms with Crippen LogP contribution in [0, 0.1) is 0 Å². The van der Waals surface area contributed by atoms with Crippen molar-refractivity contribution < 1.29 is 9.53 Å². The van der Waals surface area contributed by atoms with Crippen LogP contribution < -0.4 is 10.2 Å². The molecule has 6 nitrogen and oxygen atoms in total. The Labute approximate surface area is 124 Å². The van der Waals surface area contributed by atoms with Crippen molar-refractivity contribution in [3.8, 4) is 0 Å². The topological polar surface area (TPSA) is 67.3 Å². The summed E-state index contributed by atoms with van der Waals surface area (Å²) in [4.78, 5) is 22.9. The number of esters is 1. The van der Waals surface area contributed by atoms with Crippen molar-refractivity contribution in [1.29, 1.82) is 0 Å². The Morgan fingerprint density at radius 2 is 2.00 bits per heavy atom. The summed E-state index contributed by atoms with van der Waals surface area (Å²) in [6.45, 7) is 1.90. The van der Waals surface area contributed by atoms with Gasteiger partial charge in [0.25, 0.3) is 0 Å². The molecule has 1 saturated heterocycles. The lowest BCUT2D eigenvalue weighted by Gasteiger charge is -2.29. The summed E-state index contributed by atoms with van der Waals surface area (Å²) in [5, 5.41) is 3.39. The average Bonchev–Trinajstić information content (AvgIpc) is 2.50. The molecular weight excluding hydrogens is 268 g/mol. The number of nitrogens with one attached hydrogen (secondary N) is 1. The van der Waals surface area contributed by atoms with Crippen LogP contribution >= 0.6 is 0 Å². The summed E-state index contributed by atoms with van der Waals surface area (Å²) in [7, 11) is 1.38. The molecule has 0 amide bonds. The number of hydrogen-bond donors (Lipinski definition) is 1. The summed E-state index contributed by atoms with van der Waals surface area (Å²) in [6.07, 6.45) is 7.13. The molecule has 2 heterocycles. The Bertz CT molecular complexity index is 510. The molecule has 0 atom stereocenters. The molecule has 0 radical (unpaired) electrons. The zero-order valence-corrected chi connectivity index (χ0v) is 12.5. The molecule has 21 heavy (non-hydrogen) atoms. The van der Waals surface area contributed by atoms with Crippen LogP contribution in [0.4, 0.5) is 11.8 Å². The van der Waals surface area contributed by atoms with Crippen LogP contribution in [0.5, 0.6) is 0 Å². The van der Waals surface area contributed by atoms with Gasteiger partial charge in [0.15, 0.2) is 5.69 Å². The zero-order chi connectivity index (χ0) is 14.7. The van der Waals surface area contributed by atoms with Crippen LogP contribution in [0.2, 0.25) is 0 Å². The fraction of sp³-hybridized carbons (Fsp3) is 0.667. The molecule has 1 N–H and O–H groups in total. The lowest BCUT2D eigenvalue weighted by Crippen LogP contribution is -2.32. The molecule has 1 aliphatic heterocycles. The second-order valence-electron chi connectivity index (χ2n) is 5.75. The summed E-state index contributed by atoms with van der Waals surface area (Å²) >= 11 is 0. The smallest absolute Gasteiger partial charge is 0.356 e. The lowest BCUT2D eigenvalue weighted by molar-refractivity contribution is 0.0594. The third kappa shape index (κ3) is 3.25. The predicted molar refractivity (Wildman–Crippen MR) is 80.7 cm³/mol. The molecule has 3 rings (SSSR count). The number of carbonyl (C=O) groups excluding carboxylic acids is 1. The summed E-state index contributed by atoms with van der Waals surface area (Å²) < 4.78 is 4.80. The number of aromatic nitrogens is 2. The molecule has 1 aliphatic carbocycles. The fourth-order valence-electron chi connectivity index (χ4n) is 2.71. The van der Waals surface area contributed by atoms with Crippen molar-refractivity contribution >= 4 is 17.7 Å². The number of rotatable bonds is 4. The van der Waals surface area contributed by atoms with E-state index in [-0.39, 0.29) is 0 Å². The Morgan fingerprint density at radius 3 is 2.62 bits per heavy atom. The molecule has 1 aromatic rings. The van der Waals surface area contributed by atoms with Gasteiger partial charge in [-0.1, -0.05) is 0 Å². The van der Waals surface area contributed by atoms with Crippen molar-refractivity contribution in [2.24, 2.45) is 0 Å². The Kier molecular flexibility index (Phi) is 4.22. The highest BCUT2D eigenvalue weighted by molar-refractivity contribution is 5.88. The first-order valence-corrected chi connectivity index (χ1v) is 7.75. The minimum atomic E-state index is -0.410. The van der Waals surface area contributed by atoms with Gasteiger partial charge < -0.3 is 15.0 Å². The number of hydrogen-bond acceptors (Lipinski definition) is 6. The molecule has 6 heteroatoms. The maximum atomic E-state index is 11.8. The van der Waals surface area contributed by atoms with Crippen molar-refractivity contribution in [2.75, 3.05) is 30.4 Å². The van der Waals surface area contributed by atoms with Crippen molar-refractivity contribution in [2.45, 2.75) is 44.6 Å². The standard InChI is InChI=1S/C15H22N4O2/c1-21-14(20)12-10-13(16-11-6-5-7-11)18-15(17-12)19-8-3-2-4-9-19/h10-11H,2-9H2,1H3,(H,16,17,18). The number of piperidine rings is 1. The van der Waals surface area contributed by atoms with Gasteiger partial charge in [-0.15, -0.1) is 0 Å². The highest BCUT2D eigenvalue weighted by Crippen LogP contribution is 2.24. The highest BCUT2D eigenvalue weighted by Gasteiger charge is 2.21. The van der Waals surface area contributed by atoms with E-state index < -0.39 is 5.97 Å². The Balaban J connectivity index is 1.85. The quantitative estimate of drug-likeness (QED) is 0.858. The first kappa shape index (κ1) is 14.1. The van der Waals surface area contributed by atoms with Gasteiger partial charge >= 0.3 is 5.97 Å². The SMILES string of the molecule is COC(=O)c1cc(NC2CCC2)nc(N2CCCCC2)n1. The van der Waals surface area contributed by atoms with Crippen LogP contribution in [0.25, 0.3) is 0 Å². The summed E-state index contributed by atoms with van der Waals surface area (Å²) in [6, 6.07) is 2.16. The molecular formula is C15H22N4O2. The monoisotopic (exact) mass is 290 g/mol. The average molecular weight is 290 g/mol. The first-order valence-electron chi connectivity index (χ1n) is 7.75. The molecule has 2 aliphatic rings. The molecule has 114 valence electrons. The van der Waals surface area contributed by atoms with Gasteiger partial charge in [0, 0.05) is 25.2 Å². The number of methoxy groups -OCH3 is 1. The third-order valence-electron chi connectivity index (χ3n) is 4.20. The van der Waals surface area contributed by atoms with Crippen molar-refractivity contribution in [3.63, 3.8) is 0 Å². The lowest BCUT2D eigenvalue weighted by atomic mass is 9.93. The number of carbonyl (C=O) groups is 1.